The molecule has 0 aliphatic rings. The van der Waals surface area contributed by atoms with Crippen LogP contribution in [0.2, 0.25) is 0 Å². The van der Waals surface area contributed by atoms with Crippen LogP contribution in [-0.2, 0) is 18.8 Å². The highest BCUT2D eigenvalue weighted by Crippen LogP contribution is 2.11. The van der Waals surface area contributed by atoms with Crippen LogP contribution in [0.3, 0.4) is 0 Å². The van der Waals surface area contributed by atoms with Gasteiger partial charge in [0.15, 0.2) is 0 Å². The molecule has 0 aliphatic carbocycles. The zero-order valence-corrected chi connectivity index (χ0v) is 16.9. The molecule has 0 aromatic heterocycles. The summed E-state index contributed by atoms with van der Waals surface area (Å²) < 4.78 is 32.8. The minimum Gasteiger partial charge on any atom is -0.248 e. The minimum atomic E-state index is -3.78. The Morgan fingerprint density at radius 3 is 1.12 bits per heavy atom. The molecule has 0 amide bonds. The van der Waals surface area contributed by atoms with Crippen molar-refractivity contribution in [2.24, 2.45) is 0 Å². The fourth-order valence-corrected chi connectivity index (χ4v) is 3.36. The van der Waals surface area contributed by atoms with E-state index in [4.69, 9.17) is 8.37 Å². The highest BCUT2D eigenvalue weighted by Gasteiger charge is 2.10. The van der Waals surface area contributed by atoms with Crippen molar-refractivity contribution in [1.82, 2.24) is 0 Å². The van der Waals surface area contributed by atoms with E-state index < -0.39 is 10.4 Å². The highest BCUT2D eigenvalue weighted by atomic mass is 32.3. The van der Waals surface area contributed by atoms with E-state index in [9.17, 15) is 8.42 Å². The number of rotatable bonds is 19. The third-order valence-corrected chi connectivity index (χ3v) is 5.11. The Morgan fingerprint density at radius 2 is 0.792 bits per heavy atom. The van der Waals surface area contributed by atoms with Gasteiger partial charge in [0, 0.05) is 0 Å². The highest BCUT2D eigenvalue weighted by molar-refractivity contribution is 7.81. The molecule has 0 fully saturated rings. The summed E-state index contributed by atoms with van der Waals surface area (Å²) in [4.78, 5) is 0. The van der Waals surface area contributed by atoms with Gasteiger partial charge in [0.05, 0.1) is 13.2 Å². The molecular formula is C19H40O4S. The molecule has 24 heavy (non-hydrogen) atoms. The third-order valence-electron chi connectivity index (χ3n) is 4.20. The summed E-state index contributed by atoms with van der Waals surface area (Å²) in [5.41, 5.74) is 0. The van der Waals surface area contributed by atoms with E-state index in [0.717, 1.165) is 38.5 Å². The van der Waals surface area contributed by atoms with Crippen LogP contribution in [-0.4, -0.2) is 21.6 Å². The van der Waals surface area contributed by atoms with Crippen LogP contribution in [0.15, 0.2) is 0 Å². The zero-order valence-electron chi connectivity index (χ0n) is 16.1. The van der Waals surface area contributed by atoms with Crippen LogP contribution in [0.25, 0.3) is 0 Å². The molecule has 0 aromatic rings. The smallest absolute Gasteiger partial charge is 0.248 e. The van der Waals surface area contributed by atoms with Gasteiger partial charge in [-0.05, 0) is 12.8 Å². The van der Waals surface area contributed by atoms with Gasteiger partial charge in [0.25, 0.3) is 0 Å². The normalized spacial score (nSPS) is 11.9. The molecule has 0 rings (SSSR count). The van der Waals surface area contributed by atoms with Gasteiger partial charge in [-0.2, -0.15) is 8.42 Å². The Bertz CT molecular complexity index is 341. The lowest BCUT2D eigenvalue weighted by atomic mass is 10.1. The monoisotopic (exact) mass is 364 g/mol. The van der Waals surface area contributed by atoms with E-state index in [1.54, 1.807) is 0 Å². The maximum absolute atomic E-state index is 11.5. The molecular weight excluding hydrogens is 324 g/mol. The molecule has 0 aromatic carbocycles. The molecule has 0 saturated heterocycles. The molecule has 5 heteroatoms. The second kappa shape index (κ2) is 17.7. The van der Waals surface area contributed by atoms with Crippen LogP contribution in [0.4, 0.5) is 0 Å². The summed E-state index contributed by atoms with van der Waals surface area (Å²) in [7, 11) is -3.78. The Balaban J connectivity index is 3.33. The second-order valence-corrected chi connectivity index (χ2v) is 7.94. The molecule has 0 saturated carbocycles. The first kappa shape index (κ1) is 23.9. The fraction of sp³-hybridized carbons (Fsp3) is 1.00. The van der Waals surface area contributed by atoms with E-state index >= 15 is 0 Å². The second-order valence-electron chi connectivity index (χ2n) is 6.65. The largest absolute Gasteiger partial charge is 0.399 e. The summed E-state index contributed by atoms with van der Waals surface area (Å²) in [5, 5.41) is 0. The van der Waals surface area contributed by atoms with Crippen molar-refractivity contribution >= 4 is 10.4 Å². The summed E-state index contributed by atoms with van der Waals surface area (Å²) in [6.45, 7) is 4.88. The van der Waals surface area contributed by atoms with Gasteiger partial charge in [0.2, 0.25) is 0 Å². The summed E-state index contributed by atoms with van der Waals surface area (Å²) in [6, 6.07) is 0. The Kier molecular flexibility index (Phi) is 17.6. The van der Waals surface area contributed by atoms with Crippen molar-refractivity contribution in [2.45, 2.75) is 110 Å². The molecule has 0 bridgehead atoms. The number of hydrogen-bond acceptors (Lipinski definition) is 4. The van der Waals surface area contributed by atoms with Gasteiger partial charge >= 0.3 is 10.4 Å². The molecule has 0 heterocycles. The van der Waals surface area contributed by atoms with Crippen molar-refractivity contribution in [3.8, 4) is 0 Å². The van der Waals surface area contributed by atoms with E-state index in [-0.39, 0.29) is 13.2 Å². The van der Waals surface area contributed by atoms with Crippen LogP contribution < -0.4 is 0 Å². The summed E-state index contributed by atoms with van der Waals surface area (Å²) >= 11 is 0. The maximum atomic E-state index is 11.5. The molecule has 0 radical (unpaired) electrons. The van der Waals surface area contributed by atoms with E-state index in [1.165, 1.54) is 57.8 Å². The zero-order chi connectivity index (χ0) is 17.9. The van der Waals surface area contributed by atoms with Gasteiger partial charge in [-0.3, -0.25) is 0 Å². The maximum Gasteiger partial charge on any atom is 0.399 e. The molecule has 0 aliphatic heterocycles. The Morgan fingerprint density at radius 1 is 0.500 bits per heavy atom. The SMILES string of the molecule is CCCCCCCCCCCCOS(=O)(=O)OCCCCCCC. The van der Waals surface area contributed by atoms with Crippen molar-refractivity contribution < 1.29 is 16.8 Å². The van der Waals surface area contributed by atoms with Gasteiger partial charge in [-0.25, -0.2) is 8.37 Å². The Labute approximate surface area is 151 Å². The van der Waals surface area contributed by atoms with Gasteiger partial charge < -0.3 is 0 Å². The molecule has 0 N–H and O–H groups in total. The lowest BCUT2D eigenvalue weighted by molar-refractivity contribution is 0.208. The first-order chi connectivity index (χ1) is 11.6. The van der Waals surface area contributed by atoms with Crippen molar-refractivity contribution in [1.29, 1.82) is 0 Å². The first-order valence-electron chi connectivity index (χ1n) is 10.2. The van der Waals surface area contributed by atoms with E-state index in [2.05, 4.69) is 13.8 Å². The predicted octanol–water partition coefficient (Wildman–Crippen LogP) is 6.16. The number of hydrogen-bond donors (Lipinski definition) is 0. The topological polar surface area (TPSA) is 52.6 Å². The molecule has 0 unspecified atom stereocenters. The quantitative estimate of drug-likeness (QED) is 0.258. The average molecular weight is 365 g/mol. The number of unbranched alkanes of at least 4 members (excludes halogenated alkanes) is 13. The first-order valence-corrected chi connectivity index (χ1v) is 11.5. The van der Waals surface area contributed by atoms with Crippen molar-refractivity contribution in [2.75, 3.05) is 13.2 Å². The van der Waals surface area contributed by atoms with Crippen LogP contribution >= 0.6 is 0 Å². The molecule has 146 valence electrons. The molecule has 4 nitrogen and oxygen atoms in total. The fourth-order valence-electron chi connectivity index (χ4n) is 2.65. The summed E-state index contributed by atoms with van der Waals surface area (Å²) in [5.74, 6) is 0. The lowest BCUT2D eigenvalue weighted by Gasteiger charge is -2.06. The van der Waals surface area contributed by atoms with Crippen LogP contribution in [0.1, 0.15) is 110 Å². The van der Waals surface area contributed by atoms with E-state index in [1.807, 2.05) is 0 Å². The minimum absolute atomic E-state index is 0.240. The summed E-state index contributed by atoms with van der Waals surface area (Å²) in [6.07, 6.45) is 17.5. The van der Waals surface area contributed by atoms with E-state index in [0.29, 0.717) is 0 Å². The lowest BCUT2D eigenvalue weighted by Crippen LogP contribution is -2.12. The van der Waals surface area contributed by atoms with Crippen LogP contribution in [0, 0.1) is 0 Å². The van der Waals surface area contributed by atoms with Crippen molar-refractivity contribution in [3.63, 3.8) is 0 Å². The van der Waals surface area contributed by atoms with Gasteiger partial charge in [-0.15, -0.1) is 0 Å². The van der Waals surface area contributed by atoms with Gasteiger partial charge in [0.1, 0.15) is 0 Å². The standard InChI is InChI=1S/C19H40O4S/c1-3-5-7-9-10-11-12-13-15-17-19-23-24(20,21)22-18-16-14-8-6-4-2/h3-19H2,1-2H3. The van der Waals surface area contributed by atoms with Gasteiger partial charge in [-0.1, -0.05) is 97.3 Å². The third kappa shape index (κ3) is 18.2. The predicted molar refractivity (Wildman–Crippen MR) is 101 cm³/mol. The Hall–Kier alpha value is -0.130. The van der Waals surface area contributed by atoms with Crippen LogP contribution in [0.5, 0.6) is 0 Å². The average Bonchev–Trinajstić information content (AvgIpc) is 2.56. The molecule has 0 atom stereocenters. The van der Waals surface area contributed by atoms with Crippen molar-refractivity contribution in [3.05, 3.63) is 0 Å². The molecule has 0 spiro atoms.